The highest BCUT2D eigenvalue weighted by Gasteiger charge is 2.19. The number of carbonyl (C=O) groups is 1. The summed E-state index contributed by atoms with van der Waals surface area (Å²) in [5, 5.41) is 6.52. The predicted octanol–water partition coefficient (Wildman–Crippen LogP) is 2.35. The van der Waals surface area contributed by atoms with Gasteiger partial charge in [0, 0.05) is 45.0 Å². The van der Waals surface area contributed by atoms with Crippen LogP contribution in [0.4, 0.5) is 14.9 Å². The van der Waals surface area contributed by atoms with Crippen molar-refractivity contribution in [2.24, 2.45) is 0 Å². The van der Waals surface area contributed by atoms with Crippen molar-refractivity contribution < 1.29 is 13.9 Å². The van der Waals surface area contributed by atoms with E-state index < -0.39 is 11.7 Å². The molecule has 0 aromatic heterocycles. The highest BCUT2D eigenvalue weighted by molar-refractivity contribution is 7.80. The molecule has 1 amide bonds. The number of anilines is 1. The largest absolute Gasteiger partial charge is 0.444 e. The van der Waals surface area contributed by atoms with E-state index in [-0.39, 0.29) is 5.82 Å². The van der Waals surface area contributed by atoms with Crippen molar-refractivity contribution in [1.29, 1.82) is 0 Å². The molecule has 2 N–H and O–H groups in total. The number of halogens is 1. The molecule has 2 rings (SSSR count). The van der Waals surface area contributed by atoms with Gasteiger partial charge in [-0.25, -0.2) is 9.18 Å². The van der Waals surface area contributed by atoms with Gasteiger partial charge < -0.3 is 25.2 Å². The van der Waals surface area contributed by atoms with E-state index >= 15 is 0 Å². The van der Waals surface area contributed by atoms with Crippen LogP contribution in [0, 0.1) is 5.82 Å². The summed E-state index contributed by atoms with van der Waals surface area (Å²) in [7, 11) is 0. The summed E-state index contributed by atoms with van der Waals surface area (Å²) in [6, 6.07) is 6.55. The lowest BCUT2D eigenvalue weighted by Gasteiger charge is -2.37. The molecule has 0 aliphatic carbocycles. The van der Waals surface area contributed by atoms with Gasteiger partial charge in [0.1, 0.15) is 11.4 Å². The van der Waals surface area contributed by atoms with Crippen LogP contribution in [0.3, 0.4) is 0 Å². The minimum Gasteiger partial charge on any atom is -0.444 e. The van der Waals surface area contributed by atoms with Crippen LogP contribution in [0.25, 0.3) is 0 Å². The van der Waals surface area contributed by atoms with Gasteiger partial charge in [-0.05, 0) is 57.3 Å². The van der Waals surface area contributed by atoms with E-state index in [0.717, 1.165) is 31.9 Å². The first-order valence-electron chi connectivity index (χ1n) is 8.75. The van der Waals surface area contributed by atoms with Crippen molar-refractivity contribution in [2.45, 2.75) is 26.4 Å². The Kier molecular flexibility index (Phi) is 7.02. The number of nitrogens with one attached hydrogen (secondary N) is 2. The third-order valence-corrected chi connectivity index (χ3v) is 4.23. The second kappa shape index (κ2) is 9.02. The molecule has 0 unspecified atom stereocenters. The number of ether oxygens (including phenoxy) is 1. The van der Waals surface area contributed by atoms with E-state index in [4.69, 9.17) is 17.0 Å². The van der Waals surface area contributed by atoms with Gasteiger partial charge in [-0.3, -0.25) is 0 Å². The molecule has 0 atom stereocenters. The lowest BCUT2D eigenvalue weighted by atomic mass is 10.2. The van der Waals surface area contributed by atoms with E-state index in [9.17, 15) is 9.18 Å². The van der Waals surface area contributed by atoms with E-state index in [1.807, 2.05) is 20.8 Å². The number of alkyl carbamates (subject to hydrolysis) is 1. The summed E-state index contributed by atoms with van der Waals surface area (Å²) >= 11 is 5.42. The maximum Gasteiger partial charge on any atom is 0.407 e. The van der Waals surface area contributed by atoms with Gasteiger partial charge in [-0.2, -0.15) is 0 Å². The van der Waals surface area contributed by atoms with Gasteiger partial charge in [0.2, 0.25) is 0 Å². The van der Waals surface area contributed by atoms with Crippen LogP contribution in [-0.4, -0.2) is 61.0 Å². The normalized spacial score (nSPS) is 14.8. The topological polar surface area (TPSA) is 56.8 Å². The van der Waals surface area contributed by atoms with Crippen molar-refractivity contribution in [2.75, 3.05) is 44.2 Å². The van der Waals surface area contributed by atoms with Gasteiger partial charge in [-0.15, -0.1) is 0 Å². The van der Waals surface area contributed by atoms with Crippen molar-refractivity contribution in [3.63, 3.8) is 0 Å². The lowest BCUT2D eigenvalue weighted by molar-refractivity contribution is 0.0529. The van der Waals surface area contributed by atoms with Crippen molar-refractivity contribution >= 4 is 29.1 Å². The average molecular weight is 383 g/mol. The minimum atomic E-state index is -0.503. The van der Waals surface area contributed by atoms with Crippen LogP contribution in [0.1, 0.15) is 20.8 Å². The fourth-order valence-electron chi connectivity index (χ4n) is 2.58. The second-order valence-corrected chi connectivity index (χ2v) is 7.50. The van der Waals surface area contributed by atoms with Crippen LogP contribution in [0.15, 0.2) is 24.3 Å². The monoisotopic (exact) mass is 382 g/mol. The van der Waals surface area contributed by atoms with Crippen LogP contribution in [0.5, 0.6) is 0 Å². The third kappa shape index (κ3) is 6.67. The van der Waals surface area contributed by atoms with E-state index in [1.165, 1.54) is 12.1 Å². The molecule has 1 aromatic carbocycles. The molecule has 8 heteroatoms. The molecule has 1 aliphatic heterocycles. The zero-order valence-corrected chi connectivity index (χ0v) is 16.4. The van der Waals surface area contributed by atoms with Gasteiger partial charge in [0.25, 0.3) is 0 Å². The molecule has 1 aromatic rings. The molecule has 1 fully saturated rings. The Morgan fingerprint density at radius 2 is 1.69 bits per heavy atom. The zero-order chi connectivity index (χ0) is 19.2. The SMILES string of the molecule is CC(C)(C)OC(=O)NCCNC(=S)N1CCN(c2ccc(F)cc2)CC1. The number of nitrogens with zero attached hydrogens (tertiary/aromatic N) is 2. The fraction of sp³-hybridized carbons (Fsp3) is 0.556. The summed E-state index contributed by atoms with van der Waals surface area (Å²) in [6.07, 6.45) is -0.432. The quantitative estimate of drug-likeness (QED) is 0.616. The summed E-state index contributed by atoms with van der Waals surface area (Å²) in [5.41, 5.74) is 0.517. The average Bonchev–Trinajstić information content (AvgIpc) is 2.58. The summed E-state index contributed by atoms with van der Waals surface area (Å²) < 4.78 is 18.2. The van der Waals surface area contributed by atoms with Crippen LogP contribution < -0.4 is 15.5 Å². The molecule has 26 heavy (non-hydrogen) atoms. The van der Waals surface area contributed by atoms with Gasteiger partial charge in [-0.1, -0.05) is 0 Å². The number of amides is 1. The molecule has 0 bridgehead atoms. The van der Waals surface area contributed by atoms with Gasteiger partial charge in [0.05, 0.1) is 0 Å². The van der Waals surface area contributed by atoms with Crippen molar-refractivity contribution in [1.82, 2.24) is 15.5 Å². The standard InChI is InChI=1S/C18H27FN4O2S/c1-18(2,3)25-17(24)21-9-8-20-16(26)23-12-10-22(11-13-23)15-6-4-14(19)5-7-15/h4-7H,8-13H2,1-3H3,(H,20,26)(H,21,24). The Balaban J connectivity index is 1.65. The minimum absolute atomic E-state index is 0.224. The van der Waals surface area contributed by atoms with E-state index in [2.05, 4.69) is 20.4 Å². The molecular weight excluding hydrogens is 355 g/mol. The Morgan fingerprint density at radius 3 is 2.27 bits per heavy atom. The van der Waals surface area contributed by atoms with Crippen LogP contribution in [0.2, 0.25) is 0 Å². The first-order valence-corrected chi connectivity index (χ1v) is 9.15. The lowest BCUT2D eigenvalue weighted by Crippen LogP contribution is -2.52. The predicted molar refractivity (Wildman–Crippen MR) is 105 cm³/mol. The molecule has 1 heterocycles. The number of piperazine rings is 1. The summed E-state index contributed by atoms with van der Waals surface area (Å²) in [6.45, 7) is 9.68. The van der Waals surface area contributed by atoms with Gasteiger partial charge >= 0.3 is 6.09 Å². The Hall–Kier alpha value is -2.09. The maximum absolute atomic E-state index is 13.0. The second-order valence-electron chi connectivity index (χ2n) is 7.11. The number of thiocarbonyl (C=S) groups is 1. The van der Waals surface area contributed by atoms with E-state index in [1.54, 1.807) is 12.1 Å². The molecule has 6 nitrogen and oxygen atoms in total. The molecule has 0 radical (unpaired) electrons. The highest BCUT2D eigenvalue weighted by Crippen LogP contribution is 2.16. The molecular formula is C18H27FN4O2S. The Labute approximate surface area is 159 Å². The maximum atomic E-state index is 13.0. The zero-order valence-electron chi connectivity index (χ0n) is 15.5. The summed E-state index contributed by atoms with van der Waals surface area (Å²) in [5.74, 6) is -0.224. The van der Waals surface area contributed by atoms with Crippen molar-refractivity contribution in [3.8, 4) is 0 Å². The number of rotatable bonds is 4. The van der Waals surface area contributed by atoms with Crippen LogP contribution >= 0.6 is 12.2 Å². The third-order valence-electron chi connectivity index (χ3n) is 3.83. The van der Waals surface area contributed by atoms with Crippen LogP contribution in [-0.2, 0) is 4.74 Å². The smallest absolute Gasteiger partial charge is 0.407 e. The van der Waals surface area contributed by atoms with E-state index in [0.29, 0.717) is 18.2 Å². The first-order chi connectivity index (χ1) is 12.2. The number of hydrogen-bond donors (Lipinski definition) is 2. The van der Waals surface area contributed by atoms with Crippen molar-refractivity contribution in [3.05, 3.63) is 30.1 Å². The Morgan fingerprint density at radius 1 is 1.12 bits per heavy atom. The number of hydrogen-bond acceptors (Lipinski definition) is 4. The molecule has 1 aliphatic rings. The number of benzene rings is 1. The molecule has 144 valence electrons. The number of carbonyl (C=O) groups excluding carboxylic acids is 1. The fourth-order valence-corrected chi connectivity index (χ4v) is 2.86. The molecule has 0 saturated carbocycles. The molecule has 1 saturated heterocycles. The Bertz CT molecular complexity index is 611. The molecule has 0 spiro atoms. The van der Waals surface area contributed by atoms with Gasteiger partial charge in [0.15, 0.2) is 5.11 Å². The summed E-state index contributed by atoms with van der Waals surface area (Å²) in [4.78, 5) is 15.9. The first kappa shape index (κ1) is 20.2. The highest BCUT2D eigenvalue weighted by atomic mass is 32.1.